The number of rotatable bonds is 5. The molecular formula is C24H22N2O6S. The lowest BCUT2D eigenvalue weighted by atomic mass is 10.1. The minimum atomic E-state index is -4.13. The summed E-state index contributed by atoms with van der Waals surface area (Å²) >= 11 is 0. The molecule has 1 aliphatic heterocycles. The smallest absolute Gasteiger partial charge is 0.343 e. The van der Waals surface area contributed by atoms with Gasteiger partial charge < -0.3 is 9.47 Å². The van der Waals surface area contributed by atoms with E-state index in [2.05, 4.69) is 0 Å². The Bertz CT molecular complexity index is 1340. The van der Waals surface area contributed by atoms with Crippen molar-refractivity contribution >= 4 is 33.4 Å². The number of urea groups is 1. The van der Waals surface area contributed by atoms with Crippen LogP contribution in [0.15, 0.2) is 71.6 Å². The normalized spacial score (nSPS) is 14.6. The molecule has 2 amide bonds. The maximum absolute atomic E-state index is 13.6. The number of anilines is 2. The van der Waals surface area contributed by atoms with Crippen LogP contribution in [-0.2, 0) is 21.3 Å². The van der Waals surface area contributed by atoms with E-state index in [0.29, 0.717) is 11.3 Å². The van der Waals surface area contributed by atoms with Gasteiger partial charge in [-0.05, 0) is 49.4 Å². The zero-order chi connectivity index (χ0) is 23.8. The van der Waals surface area contributed by atoms with Gasteiger partial charge in [0.25, 0.3) is 10.0 Å². The molecule has 8 nitrogen and oxygen atoms in total. The number of hydrogen-bond acceptors (Lipinski definition) is 6. The van der Waals surface area contributed by atoms with E-state index in [1.807, 2.05) is 6.92 Å². The molecule has 0 aromatic heterocycles. The summed E-state index contributed by atoms with van der Waals surface area (Å²) in [7, 11) is -1.37. The minimum absolute atomic E-state index is 0.00765. The number of nitrogens with zero attached hydrogens (tertiary/aromatic N) is 2. The van der Waals surface area contributed by atoms with Crippen molar-refractivity contribution in [3.8, 4) is 5.75 Å². The van der Waals surface area contributed by atoms with Gasteiger partial charge in [-0.25, -0.2) is 18.0 Å². The number of esters is 1. The molecule has 0 N–H and O–H groups in total. The van der Waals surface area contributed by atoms with Crippen LogP contribution in [0, 0.1) is 6.92 Å². The van der Waals surface area contributed by atoms with Crippen molar-refractivity contribution in [3.63, 3.8) is 0 Å². The molecule has 3 aromatic rings. The molecule has 0 saturated heterocycles. The summed E-state index contributed by atoms with van der Waals surface area (Å²) < 4.78 is 37.8. The molecule has 33 heavy (non-hydrogen) atoms. The van der Waals surface area contributed by atoms with Crippen LogP contribution in [0.2, 0.25) is 0 Å². The predicted molar refractivity (Wildman–Crippen MR) is 123 cm³/mol. The van der Waals surface area contributed by atoms with Gasteiger partial charge in [0.15, 0.2) is 0 Å². The second kappa shape index (κ2) is 8.59. The van der Waals surface area contributed by atoms with E-state index in [9.17, 15) is 18.0 Å². The molecule has 0 unspecified atom stereocenters. The standard InChI is InChI=1S/C24H22N2O6S/c1-16-8-11-19(12-9-16)26-24(28)25(20-6-4-5-7-22(20)33(26,29)30)15-18-14-17(23(27)32-3)10-13-21(18)31-2/h4-14H,15H2,1-3H3. The molecule has 0 saturated carbocycles. The first-order chi connectivity index (χ1) is 15.8. The quantitative estimate of drug-likeness (QED) is 0.525. The highest BCUT2D eigenvalue weighted by Gasteiger charge is 2.42. The van der Waals surface area contributed by atoms with Crippen LogP contribution < -0.4 is 13.9 Å². The molecule has 1 heterocycles. The van der Waals surface area contributed by atoms with Gasteiger partial charge in [-0.15, -0.1) is 0 Å². The molecule has 0 aliphatic carbocycles. The summed E-state index contributed by atoms with van der Waals surface area (Å²) in [6.45, 7) is 1.85. The number of sulfonamides is 1. The molecule has 4 rings (SSSR count). The van der Waals surface area contributed by atoms with E-state index >= 15 is 0 Å². The van der Waals surface area contributed by atoms with Crippen molar-refractivity contribution in [3.05, 3.63) is 83.4 Å². The first kappa shape index (κ1) is 22.3. The predicted octanol–water partition coefficient (Wildman–Crippen LogP) is 4.13. The van der Waals surface area contributed by atoms with E-state index in [1.54, 1.807) is 60.7 Å². The molecule has 0 fully saturated rings. The zero-order valence-corrected chi connectivity index (χ0v) is 19.1. The van der Waals surface area contributed by atoms with Gasteiger partial charge >= 0.3 is 12.0 Å². The van der Waals surface area contributed by atoms with Crippen molar-refractivity contribution in [2.45, 2.75) is 18.4 Å². The number of amides is 2. The Balaban J connectivity index is 1.86. The number of fused-ring (bicyclic) bond motifs is 1. The van der Waals surface area contributed by atoms with Gasteiger partial charge in [-0.1, -0.05) is 29.8 Å². The lowest BCUT2D eigenvalue weighted by molar-refractivity contribution is 0.0600. The number of carbonyl (C=O) groups excluding carboxylic acids is 2. The van der Waals surface area contributed by atoms with Gasteiger partial charge in [0.2, 0.25) is 0 Å². The number of para-hydroxylation sites is 1. The fourth-order valence-electron chi connectivity index (χ4n) is 3.71. The van der Waals surface area contributed by atoms with Gasteiger partial charge in [-0.2, -0.15) is 4.31 Å². The van der Waals surface area contributed by atoms with Crippen molar-refractivity contribution in [1.29, 1.82) is 0 Å². The fraction of sp³-hybridized carbons (Fsp3) is 0.167. The minimum Gasteiger partial charge on any atom is -0.496 e. The molecule has 0 radical (unpaired) electrons. The Kier molecular flexibility index (Phi) is 5.82. The second-order valence-corrected chi connectivity index (χ2v) is 9.21. The van der Waals surface area contributed by atoms with Crippen molar-refractivity contribution in [2.75, 3.05) is 23.4 Å². The van der Waals surface area contributed by atoms with Crippen molar-refractivity contribution in [1.82, 2.24) is 0 Å². The molecular weight excluding hydrogens is 444 g/mol. The van der Waals surface area contributed by atoms with Crippen LogP contribution in [0.4, 0.5) is 16.2 Å². The third-order valence-electron chi connectivity index (χ3n) is 5.38. The van der Waals surface area contributed by atoms with Crippen LogP contribution >= 0.6 is 0 Å². The Morgan fingerprint density at radius 2 is 1.67 bits per heavy atom. The topological polar surface area (TPSA) is 93.2 Å². The van der Waals surface area contributed by atoms with E-state index in [-0.39, 0.29) is 28.4 Å². The number of hydrogen-bond donors (Lipinski definition) is 0. The van der Waals surface area contributed by atoms with Gasteiger partial charge in [-0.3, -0.25) is 4.90 Å². The monoisotopic (exact) mass is 466 g/mol. The second-order valence-electron chi connectivity index (χ2n) is 7.46. The molecule has 9 heteroatoms. The SMILES string of the molecule is COC(=O)c1ccc(OC)c(CN2C(=O)N(c3ccc(C)cc3)S(=O)(=O)c3ccccc32)c1. The van der Waals surface area contributed by atoms with Crippen LogP contribution in [0.3, 0.4) is 0 Å². The number of ether oxygens (including phenoxy) is 2. The molecule has 0 atom stereocenters. The number of methoxy groups -OCH3 is 2. The van der Waals surface area contributed by atoms with Gasteiger partial charge in [0, 0.05) is 5.56 Å². The van der Waals surface area contributed by atoms with Crippen molar-refractivity contribution in [2.24, 2.45) is 0 Å². The summed E-state index contributed by atoms with van der Waals surface area (Å²) in [5.74, 6) is -0.0867. The summed E-state index contributed by atoms with van der Waals surface area (Å²) in [5, 5.41) is 0. The highest BCUT2D eigenvalue weighted by molar-refractivity contribution is 7.94. The van der Waals surface area contributed by atoms with E-state index in [1.165, 1.54) is 25.2 Å². The third-order valence-corrected chi connectivity index (χ3v) is 7.13. The summed E-state index contributed by atoms with van der Waals surface area (Å²) in [5.41, 5.74) is 2.22. The van der Waals surface area contributed by atoms with E-state index in [0.717, 1.165) is 9.87 Å². The number of carbonyl (C=O) groups is 2. The van der Waals surface area contributed by atoms with Gasteiger partial charge in [0.1, 0.15) is 10.6 Å². The lowest BCUT2D eigenvalue weighted by Gasteiger charge is -2.36. The van der Waals surface area contributed by atoms with Crippen molar-refractivity contribution < 1.29 is 27.5 Å². The maximum Gasteiger partial charge on any atom is 0.343 e. The molecule has 3 aromatic carbocycles. The summed E-state index contributed by atoms with van der Waals surface area (Å²) in [6, 6.07) is 17.0. The molecule has 170 valence electrons. The number of benzene rings is 3. The Morgan fingerprint density at radius 1 is 0.970 bits per heavy atom. The summed E-state index contributed by atoms with van der Waals surface area (Å²) in [4.78, 5) is 27.0. The third kappa shape index (κ3) is 3.91. The first-order valence-electron chi connectivity index (χ1n) is 10.1. The Hall–Kier alpha value is -3.85. The molecule has 0 bridgehead atoms. The Labute approximate surface area is 192 Å². The Morgan fingerprint density at radius 3 is 2.33 bits per heavy atom. The molecule has 1 aliphatic rings. The van der Waals surface area contributed by atoms with Gasteiger partial charge in [0.05, 0.1) is 37.7 Å². The first-order valence-corrected chi connectivity index (χ1v) is 11.5. The van der Waals surface area contributed by atoms with E-state index in [4.69, 9.17) is 9.47 Å². The van der Waals surface area contributed by atoms with Crippen LogP contribution in [-0.4, -0.2) is 34.6 Å². The largest absolute Gasteiger partial charge is 0.496 e. The average molecular weight is 467 g/mol. The molecule has 0 spiro atoms. The lowest BCUT2D eigenvalue weighted by Crippen LogP contribution is -2.50. The zero-order valence-electron chi connectivity index (χ0n) is 18.3. The number of aryl methyl sites for hydroxylation is 1. The van der Waals surface area contributed by atoms with Crippen LogP contribution in [0.5, 0.6) is 5.75 Å². The summed E-state index contributed by atoms with van der Waals surface area (Å²) in [6.07, 6.45) is 0. The van der Waals surface area contributed by atoms with Crippen LogP contribution in [0.25, 0.3) is 0 Å². The van der Waals surface area contributed by atoms with Crippen LogP contribution in [0.1, 0.15) is 21.5 Å². The highest BCUT2D eigenvalue weighted by atomic mass is 32.2. The average Bonchev–Trinajstić information content (AvgIpc) is 2.82. The highest BCUT2D eigenvalue weighted by Crippen LogP contribution is 2.38. The van der Waals surface area contributed by atoms with E-state index < -0.39 is 22.0 Å². The maximum atomic E-state index is 13.6. The fourth-order valence-corrected chi connectivity index (χ4v) is 5.30.